The molecule has 0 spiro atoms. The average molecular weight is 465 g/mol. The molecule has 0 aromatic heterocycles. The molecule has 2 aromatic carbocycles. The van der Waals surface area contributed by atoms with E-state index in [1.807, 2.05) is 45.0 Å². The van der Waals surface area contributed by atoms with E-state index >= 15 is 0 Å². The Labute approximate surface area is 200 Å². The number of piperidine rings is 1. The van der Waals surface area contributed by atoms with Gasteiger partial charge in [-0.1, -0.05) is 69.3 Å². The number of hydrogen-bond donors (Lipinski definition) is 2. The summed E-state index contributed by atoms with van der Waals surface area (Å²) < 4.78 is 5.65. The van der Waals surface area contributed by atoms with Crippen molar-refractivity contribution in [2.45, 2.75) is 45.6 Å². The lowest BCUT2D eigenvalue weighted by Gasteiger charge is -2.37. The van der Waals surface area contributed by atoms with Gasteiger partial charge in [0.15, 0.2) is 0 Å². The molecule has 7 nitrogen and oxygen atoms in total. The maximum Gasteiger partial charge on any atom is 0.407 e. The van der Waals surface area contributed by atoms with Crippen LogP contribution in [0.4, 0.5) is 4.79 Å². The second kappa shape index (κ2) is 9.49. The molecule has 0 bridgehead atoms. The van der Waals surface area contributed by atoms with Gasteiger partial charge in [0.05, 0.1) is 5.92 Å². The number of carbonyl (C=O) groups excluding carboxylic acids is 2. The molecular formula is C27H32N2O5. The molecule has 2 atom stereocenters. The molecule has 1 aliphatic heterocycles. The fourth-order valence-electron chi connectivity index (χ4n) is 4.97. The first-order valence-corrected chi connectivity index (χ1v) is 11.8. The van der Waals surface area contributed by atoms with E-state index in [0.717, 1.165) is 22.3 Å². The number of fused-ring (bicyclic) bond motifs is 3. The van der Waals surface area contributed by atoms with Crippen LogP contribution < -0.4 is 5.32 Å². The molecule has 2 amide bonds. The van der Waals surface area contributed by atoms with Gasteiger partial charge in [-0.2, -0.15) is 0 Å². The van der Waals surface area contributed by atoms with E-state index in [1.165, 1.54) is 0 Å². The number of amides is 2. The zero-order valence-electron chi connectivity index (χ0n) is 19.9. The second-order valence-corrected chi connectivity index (χ2v) is 10.2. The number of rotatable bonds is 5. The highest BCUT2D eigenvalue weighted by molar-refractivity contribution is 5.87. The van der Waals surface area contributed by atoms with E-state index in [9.17, 15) is 19.5 Å². The second-order valence-electron chi connectivity index (χ2n) is 10.2. The minimum Gasteiger partial charge on any atom is -0.481 e. The summed E-state index contributed by atoms with van der Waals surface area (Å²) in [6.45, 7) is 6.43. The van der Waals surface area contributed by atoms with Gasteiger partial charge in [0, 0.05) is 19.0 Å². The number of benzene rings is 2. The molecule has 0 radical (unpaired) electrons. The third kappa shape index (κ3) is 4.79. The number of hydrogen-bond acceptors (Lipinski definition) is 4. The van der Waals surface area contributed by atoms with Gasteiger partial charge in [0.2, 0.25) is 5.91 Å². The van der Waals surface area contributed by atoms with Crippen molar-refractivity contribution in [2.75, 3.05) is 19.7 Å². The standard InChI is InChI=1S/C27H32N2O5/c1-27(2,3)23(24(30)29-14-8-9-17(15-29)25(31)32)28-26(33)34-16-22-20-12-6-4-10-18(20)19-11-5-7-13-21(19)22/h4-7,10-13,17,22-23H,8-9,14-16H2,1-3H3,(H,28,33)(H,31,32)/t17-,23?/m1/s1. The Kier molecular flexibility index (Phi) is 6.64. The predicted molar refractivity (Wildman–Crippen MR) is 128 cm³/mol. The maximum absolute atomic E-state index is 13.3. The quantitative estimate of drug-likeness (QED) is 0.689. The van der Waals surface area contributed by atoms with Crippen molar-refractivity contribution in [1.29, 1.82) is 0 Å². The summed E-state index contributed by atoms with van der Waals surface area (Å²) in [7, 11) is 0. The van der Waals surface area contributed by atoms with Crippen molar-refractivity contribution in [2.24, 2.45) is 11.3 Å². The molecule has 0 saturated carbocycles. The van der Waals surface area contributed by atoms with Crippen LogP contribution in [-0.4, -0.2) is 53.7 Å². The summed E-state index contributed by atoms with van der Waals surface area (Å²) in [5.41, 5.74) is 3.96. The lowest BCUT2D eigenvalue weighted by molar-refractivity contribution is -0.147. The van der Waals surface area contributed by atoms with E-state index in [0.29, 0.717) is 19.4 Å². The van der Waals surface area contributed by atoms with Crippen LogP contribution in [0, 0.1) is 11.3 Å². The third-order valence-corrected chi connectivity index (χ3v) is 6.80. The van der Waals surface area contributed by atoms with Crippen molar-refractivity contribution in [3.8, 4) is 11.1 Å². The smallest absolute Gasteiger partial charge is 0.407 e. The summed E-state index contributed by atoms with van der Waals surface area (Å²) >= 11 is 0. The number of carboxylic acids is 1. The molecule has 7 heteroatoms. The summed E-state index contributed by atoms with van der Waals surface area (Å²) in [4.78, 5) is 39.1. The predicted octanol–water partition coefficient (Wildman–Crippen LogP) is 4.26. The minimum absolute atomic E-state index is 0.0691. The van der Waals surface area contributed by atoms with Crippen LogP contribution in [0.15, 0.2) is 48.5 Å². The van der Waals surface area contributed by atoms with Gasteiger partial charge >= 0.3 is 12.1 Å². The molecule has 34 heavy (non-hydrogen) atoms. The summed E-state index contributed by atoms with van der Waals surface area (Å²) in [6, 6.07) is 15.4. The summed E-state index contributed by atoms with van der Waals surface area (Å²) in [5, 5.41) is 12.1. The number of ether oxygens (including phenoxy) is 1. The Morgan fingerprint density at radius 3 is 2.21 bits per heavy atom. The molecule has 1 aliphatic carbocycles. The SMILES string of the molecule is CC(C)(C)C(NC(=O)OCC1c2ccccc2-c2ccccc21)C(=O)N1CCC[C@@H](C(=O)O)C1. The van der Waals surface area contributed by atoms with Crippen LogP contribution >= 0.6 is 0 Å². The highest BCUT2D eigenvalue weighted by atomic mass is 16.5. The van der Waals surface area contributed by atoms with E-state index in [-0.39, 0.29) is 25.0 Å². The molecule has 4 rings (SSSR count). The largest absolute Gasteiger partial charge is 0.481 e. The molecule has 1 fully saturated rings. The number of nitrogens with zero attached hydrogens (tertiary/aromatic N) is 1. The first-order chi connectivity index (χ1) is 16.2. The summed E-state index contributed by atoms with van der Waals surface area (Å²) in [5.74, 6) is -1.81. The monoisotopic (exact) mass is 464 g/mol. The van der Waals surface area contributed by atoms with Crippen LogP contribution in [0.1, 0.15) is 50.7 Å². The van der Waals surface area contributed by atoms with Gasteiger partial charge in [-0.15, -0.1) is 0 Å². The van der Waals surface area contributed by atoms with E-state index < -0.39 is 29.4 Å². The molecule has 2 aromatic rings. The Morgan fingerprint density at radius 1 is 1.06 bits per heavy atom. The van der Waals surface area contributed by atoms with Crippen molar-refractivity contribution in [3.63, 3.8) is 0 Å². The molecule has 1 unspecified atom stereocenters. The van der Waals surface area contributed by atoms with Gasteiger partial charge in [-0.25, -0.2) is 4.79 Å². The highest BCUT2D eigenvalue weighted by Crippen LogP contribution is 2.44. The Bertz CT molecular complexity index is 1040. The zero-order valence-corrected chi connectivity index (χ0v) is 19.9. The normalized spacial score (nSPS) is 18.6. The lowest BCUT2D eigenvalue weighted by atomic mass is 9.85. The highest BCUT2D eigenvalue weighted by Gasteiger charge is 2.39. The van der Waals surface area contributed by atoms with Crippen LogP contribution in [-0.2, 0) is 14.3 Å². The first kappa shape index (κ1) is 23.8. The third-order valence-electron chi connectivity index (χ3n) is 6.80. The average Bonchev–Trinajstić information content (AvgIpc) is 3.14. The van der Waals surface area contributed by atoms with Crippen molar-refractivity contribution >= 4 is 18.0 Å². The number of carboxylic acid groups (broad SMARTS) is 1. The minimum atomic E-state index is -0.894. The van der Waals surface area contributed by atoms with Gasteiger partial charge in [0.1, 0.15) is 12.6 Å². The molecule has 1 saturated heterocycles. The van der Waals surface area contributed by atoms with Gasteiger partial charge in [0.25, 0.3) is 0 Å². The maximum atomic E-state index is 13.3. The molecule has 180 valence electrons. The Balaban J connectivity index is 1.44. The van der Waals surface area contributed by atoms with Gasteiger partial charge < -0.3 is 20.1 Å². The number of likely N-dealkylation sites (tertiary alicyclic amines) is 1. The number of nitrogens with one attached hydrogen (secondary N) is 1. The Hall–Kier alpha value is -3.35. The van der Waals surface area contributed by atoms with Crippen LogP contribution in [0.2, 0.25) is 0 Å². The number of alkyl carbamates (subject to hydrolysis) is 1. The van der Waals surface area contributed by atoms with Gasteiger partial charge in [-0.05, 0) is 40.5 Å². The fraction of sp³-hybridized carbons (Fsp3) is 0.444. The Morgan fingerprint density at radius 2 is 1.65 bits per heavy atom. The lowest BCUT2D eigenvalue weighted by Crippen LogP contribution is -2.57. The van der Waals surface area contributed by atoms with Gasteiger partial charge in [-0.3, -0.25) is 9.59 Å². The zero-order chi connectivity index (χ0) is 24.5. The van der Waals surface area contributed by atoms with Crippen LogP contribution in [0.5, 0.6) is 0 Å². The summed E-state index contributed by atoms with van der Waals surface area (Å²) in [6.07, 6.45) is 0.533. The number of carbonyl (C=O) groups is 3. The van der Waals surface area contributed by atoms with Crippen LogP contribution in [0.25, 0.3) is 11.1 Å². The number of aliphatic carboxylic acids is 1. The van der Waals surface area contributed by atoms with Crippen molar-refractivity contribution < 1.29 is 24.2 Å². The molecule has 2 N–H and O–H groups in total. The molecule has 1 heterocycles. The van der Waals surface area contributed by atoms with Crippen molar-refractivity contribution in [1.82, 2.24) is 10.2 Å². The van der Waals surface area contributed by atoms with E-state index in [2.05, 4.69) is 29.6 Å². The topological polar surface area (TPSA) is 95.9 Å². The van der Waals surface area contributed by atoms with Crippen LogP contribution in [0.3, 0.4) is 0 Å². The van der Waals surface area contributed by atoms with E-state index in [4.69, 9.17) is 4.74 Å². The van der Waals surface area contributed by atoms with E-state index in [1.54, 1.807) is 4.90 Å². The molecular weight excluding hydrogens is 432 g/mol. The fourth-order valence-corrected chi connectivity index (χ4v) is 4.97. The van der Waals surface area contributed by atoms with Crippen molar-refractivity contribution in [3.05, 3.63) is 59.7 Å². The molecule has 2 aliphatic rings. The first-order valence-electron chi connectivity index (χ1n) is 11.8.